The first-order valence-electron chi connectivity index (χ1n) is 4.51. The minimum Gasteiger partial charge on any atom is -0.306 e. The van der Waals surface area contributed by atoms with Crippen LogP contribution in [0.15, 0.2) is 0 Å². The van der Waals surface area contributed by atoms with Crippen LogP contribution < -0.4 is 0 Å². The fourth-order valence-corrected chi connectivity index (χ4v) is 1.26. The topological polar surface area (TPSA) is 3.24 Å². The van der Waals surface area contributed by atoms with Gasteiger partial charge in [0.05, 0.1) is 0 Å². The normalized spacial score (nSPS) is 18.3. The SMILES string of the molecule is CCCCN(C)CC1CC1. The molecule has 0 unspecified atom stereocenters. The average Bonchev–Trinajstić information content (AvgIpc) is 2.67. The second-order valence-electron chi connectivity index (χ2n) is 3.56. The highest BCUT2D eigenvalue weighted by molar-refractivity contribution is 4.75. The molecule has 1 fully saturated rings. The summed E-state index contributed by atoms with van der Waals surface area (Å²) < 4.78 is 0. The molecule has 0 aromatic rings. The first-order chi connectivity index (χ1) is 4.83. The van der Waals surface area contributed by atoms with E-state index in [0.29, 0.717) is 0 Å². The van der Waals surface area contributed by atoms with Gasteiger partial charge in [0, 0.05) is 6.54 Å². The highest BCUT2D eigenvalue weighted by Crippen LogP contribution is 2.29. The monoisotopic (exact) mass is 141 g/mol. The zero-order valence-electron chi connectivity index (χ0n) is 7.27. The summed E-state index contributed by atoms with van der Waals surface area (Å²) in [5.74, 6) is 1.06. The van der Waals surface area contributed by atoms with Crippen LogP contribution in [0.3, 0.4) is 0 Å². The summed E-state index contributed by atoms with van der Waals surface area (Å²) >= 11 is 0. The zero-order valence-corrected chi connectivity index (χ0v) is 7.27. The molecule has 0 spiro atoms. The summed E-state index contributed by atoms with van der Waals surface area (Å²) in [7, 11) is 2.24. The second kappa shape index (κ2) is 3.97. The van der Waals surface area contributed by atoms with Crippen molar-refractivity contribution in [2.75, 3.05) is 20.1 Å². The lowest BCUT2D eigenvalue weighted by Crippen LogP contribution is -2.21. The van der Waals surface area contributed by atoms with Crippen molar-refractivity contribution in [3.05, 3.63) is 0 Å². The van der Waals surface area contributed by atoms with Crippen LogP contribution in [0.4, 0.5) is 0 Å². The quantitative estimate of drug-likeness (QED) is 0.567. The molecule has 10 heavy (non-hydrogen) atoms. The number of rotatable bonds is 5. The lowest BCUT2D eigenvalue weighted by atomic mass is 10.3. The van der Waals surface area contributed by atoms with Crippen LogP contribution in [0, 0.1) is 5.92 Å². The van der Waals surface area contributed by atoms with Crippen molar-refractivity contribution >= 4 is 0 Å². The van der Waals surface area contributed by atoms with Crippen LogP contribution in [-0.2, 0) is 0 Å². The van der Waals surface area contributed by atoms with Gasteiger partial charge in [-0.3, -0.25) is 0 Å². The average molecular weight is 141 g/mol. The minimum atomic E-state index is 1.06. The molecule has 60 valence electrons. The molecule has 0 aliphatic heterocycles. The number of hydrogen-bond donors (Lipinski definition) is 0. The predicted molar refractivity (Wildman–Crippen MR) is 45.1 cm³/mol. The van der Waals surface area contributed by atoms with Crippen molar-refractivity contribution in [2.24, 2.45) is 5.92 Å². The van der Waals surface area contributed by atoms with E-state index >= 15 is 0 Å². The molecule has 0 saturated heterocycles. The van der Waals surface area contributed by atoms with E-state index in [-0.39, 0.29) is 0 Å². The highest BCUT2D eigenvalue weighted by Gasteiger charge is 2.22. The maximum Gasteiger partial charge on any atom is 0.000661 e. The molecule has 0 aromatic heterocycles. The Hall–Kier alpha value is -0.0400. The molecule has 0 aromatic carbocycles. The molecular formula is C9H19N. The van der Waals surface area contributed by atoms with Gasteiger partial charge in [-0.05, 0) is 38.8 Å². The van der Waals surface area contributed by atoms with Gasteiger partial charge in [0.1, 0.15) is 0 Å². The maximum atomic E-state index is 2.47. The highest BCUT2D eigenvalue weighted by atomic mass is 15.1. The maximum absolute atomic E-state index is 2.47. The van der Waals surface area contributed by atoms with E-state index < -0.39 is 0 Å². The predicted octanol–water partition coefficient (Wildman–Crippen LogP) is 2.13. The van der Waals surface area contributed by atoms with Crippen molar-refractivity contribution < 1.29 is 0 Å². The van der Waals surface area contributed by atoms with E-state index in [4.69, 9.17) is 0 Å². The van der Waals surface area contributed by atoms with Crippen molar-refractivity contribution in [1.82, 2.24) is 4.90 Å². The summed E-state index contributed by atoms with van der Waals surface area (Å²) in [6, 6.07) is 0. The third-order valence-electron chi connectivity index (χ3n) is 2.16. The molecule has 1 aliphatic carbocycles. The summed E-state index contributed by atoms with van der Waals surface area (Å²) in [5.41, 5.74) is 0. The Morgan fingerprint density at radius 2 is 2.10 bits per heavy atom. The summed E-state index contributed by atoms with van der Waals surface area (Å²) in [6.45, 7) is 4.90. The van der Waals surface area contributed by atoms with Crippen molar-refractivity contribution in [3.8, 4) is 0 Å². The molecule has 1 heteroatoms. The van der Waals surface area contributed by atoms with Crippen molar-refractivity contribution in [1.29, 1.82) is 0 Å². The van der Waals surface area contributed by atoms with Gasteiger partial charge in [-0.2, -0.15) is 0 Å². The van der Waals surface area contributed by atoms with E-state index in [1.54, 1.807) is 0 Å². The number of hydrogen-bond acceptors (Lipinski definition) is 1. The Morgan fingerprint density at radius 3 is 2.60 bits per heavy atom. The molecule has 1 rings (SSSR count). The lowest BCUT2D eigenvalue weighted by Gasteiger charge is -2.14. The summed E-state index contributed by atoms with van der Waals surface area (Å²) in [5, 5.41) is 0. The molecule has 0 amide bonds. The largest absolute Gasteiger partial charge is 0.306 e. The molecule has 0 atom stereocenters. The molecule has 1 nitrogen and oxygen atoms in total. The molecular weight excluding hydrogens is 122 g/mol. The van der Waals surface area contributed by atoms with Crippen LogP contribution in [-0.4, -0.2) is 25.0 Å². The first kappa shape index (κ1) is 8.06. The smallest absolute Gasteiger partial charge is 0.000661 e. The van der Waals surface area contributed by atoms with E-state index in [1.165, 1.54) is 38.8 Å². The van der Waals surface area contributed by atoms with Gasteiger partial charge < -0.3 is 4.90 Å². The molecule has 1 saturated carbocycles. The second-order valence-corrected chi connectivity index (χ2v) is 3.56. The Balaban J connectivity index is 1.91. The fourth-order valence-electron chi connectivity index (χ4n) is 1.26. The van der Waals surface area contributed by atoms with E-state index in [9.17, 15) is 0 Å². The Kier molecular flexibility index (Phi) is 3.20. The molecule has 0 heterocycles. The van der Waals surface area contributed by atoms with E-state index in [0.717, 1.165) is 5.92 Å². The molecule has 1 aliphatic rings. The van der Waals surface area contributed by atoms with Crippen LogP contribution >= 0.6 is 0 Å². The van der Waals surface area contributed by atoms with Gasteiger partial charge in [0.2, 0.25) is 0 Å². The van der Waals surface area contributed by atoms with Crippen molar-refractivity contribution in [2.45, 2.75) is 32.6 Å². The fraction of sp³-hybridized carbons (Fsp3) is 1.00. The summed E-state index contributed by atoms with van der Waals surface area (Å²) in [6.07, 6.45) is 5.66. The van der Waals surface area contributed by atoms with Gasteiger partial charge in [-0.25, -0.2) is 0 Å². The standard InChI is InChI=1S/C9H19N/c1-3-4-7-10(2)8-9-5-6-9/h9H,3-8H2,1-2H3. The molecule has 0 N–H and O–H groups in total. The van der Waals surface area contributed by atoms with Gasteiger partial charge in [-0.1, -0.05) is 13.3 Å². The van der Waals surface area contributed by atoms with Crippen LogP contribution in [0.1, 0.15) is 32.6 Å². The van der Waals surface area contributed by atoms with Gasteiger partial charge >= 0.3 is 0 Å². The Bertz CT molecular complexity index is 86.7. The number of unbranched alkanes of at least 4 members (excludes halogenated alkanes) is 1. The lowest BCUT2D eigenvalue weighted by molar-refractivity contribution is 0.315. The molecule has 0 radical (unpaired) electrons. The van der Waals surface area contributed by atoms with Gasteiger partial charge in [-0.15, -0.1) is 0 Å². The van der Waals surface area contributed by atoms with Crippen LogP contribution in [0.25, 0.3) is 0 Å². The molecule has 0 bridgehead atoms. The zero-order chi connectivity index (χ0) is 7.40. The van der Waals surface area contributed by atoms with Gasteiger partial charge in [0.15, 0.2) is 0 Å². The van der Waals surface area contributed by atoms with Crippen molar-refractivity contribution in [3.63, 3.8) is 0 Å². The van der Waals surface area contributed by atoms with E-state index in [1.807, 2.05) is 0 Å². The first-order valence-corrected chi connectivity index (χ1v) is 4.51. The van der Waals surface area contributed by atoms with E-state index in [2.05, 4.69) is 18.9 Å². The minimum absolute atomic E-state index is 1.06. The van der Waals surface area contributed by atoms with Gasteiger partial charge in [0.25, 0.3) is 0 Å². The third-order valence-corrected chi connectivity index (χ3v) is 2.16. The third kappa shape index (κ3) is 3.21. The number of nitrogens with zero attached hydrogens (tertiary/aromatic N) is 1. The van der Waals surface area contributed by atoms with Crippen LogP contribution in [0.2, 0.25) is 0 Å². The Morgan fingerprint density at radius 1 is 1.40 bits per heavy atom. The van der Waals surface area contributed by atoms with Crippen LogP contribution in [0.5, 0.6) is 0 Å². The summed E-state index contributed by atoms with van der Waals surface area (Å²) in [4.78, 5) is 2.47. The Labute approximate surface area is 64.4 Å².